The van der Waals surface area contributed by atoms with Gasteiger partial charge < -0.3 is 19.6 Å². The number of hydrogen-bond donors (Lipinski definition) is 1. The van der Waals surface area contributed by atoms with Crippen molar-refractivity contribution >= 4 is 12.0 Å². The fourth-order valence-electron chi connectivity index (χ4n) is 3.18. The first-order chi connectivity index (χ1) is 10.8. The van der Waals surface area contributed by atoms with Crippen molar-refractivity contribution in [3.05, 3.63) is 0 Å². The number of β-amino-alcohol motifs (C(OH)–C–C–N with tert-alkyl or cyclic N) is 1. The summed E-state index contributed by atoms with van der Waals surface area (Å²) in [4.78, 5) is 25.5. The summed E-state index contributed by atoms with van der Waals surface area (Å²) < 4.78 is 42.7. The topological polar surface area (TPSA) is 70.1 Å². The van der Waals surface area contributed by atoms with E-state index in [9.17, 15) is 27.9 Å². The molecular weight excluding hydrogens is 329 g/mol. The van der Waals surface area contributed by atoms with E-state index in [1.54, 1.807) is 20.8 Å². The standard InChI is InChI=1S/C15H23F3N2O4/c1-13(2,3)24-12(22)20-7-5-4-6-10(20)14(23)8-19(9-14)11(21)15(16,17)18/h10,23H,4-9H2,1-3H3. The van der Waals surface area contributed by atoms with Gasteiger partial charge in [0.25, 0.3) is 0 Å². The lowest BCUT2D eigenvalue weighted by atomic mass is 9.80. The summed E-state index contributed by atoms with van der Waals surface area (Å²) >= 11 is 0. The number of carbonyl (C=O) groups is 2. The molecule has 24 heavy (non-hydrogen) atoms. The van der Waals surface area contributed by atoms with Crippen LogP contribution in [0.3, 0.4) is 0 Å². The number of rotatable bonds is 1. The molecule has 0 aromatic rings. The zero-order valence-electron chi connectivity index (χ0n) is 14.0. The fourth-order valence-corrected chi connectivity index (χ4v) is 3.18. The SMILES string of the molecule is CC(C)(C)OC(=O)N1CCCCC1C1(O)CN(C(=O)C(F)(F)F)C1. The van der Waals surface area contributed by atoms with Crippen LogP contribution in [0.2, 0.25) is 0 Å². The third-order valence-electron chi connectivity index (χ3n) is 4.21. The van der Waals surface area contributed by atoms with E-state index in [1.165, 1.54) is 4.90 Å². The van der Waals surface area contributed by atoms with Crippen LogP contribution >= 0.6 is 0 Å². The summed E-state index contributed by atoms with van der Waals surface area (Å²) in [5.41, 5.74) is -2.24. The number of likely N-dealkylation sites (tertiary alicyclic amines) is 2. The average Bonchev–Trinajstić information content (AvgIpc) is 2.40. The van der Waals surface area contributed by atoms with E-state index in [0.717, 1.165) is 12.8 Å². The van der Waals surface area contributed by atoms with Gasteiger partial charge in [-0.15, -0.1) is 0 Å². The van der Waals surface area contributed by atoms with Crippen LogP contribution in [-0.4, -0.2) is 70.0 Å². The highest BCUT2D eigenvalue weighted by Gasteiger charge is 2.57. The summed E-state index contributed by atoms with van der Waals surface area (Å²) in [7, 11) is 0. The molecule has 2 saturated heterocycles. The Morgan fingerprint density at radius 3 is 2.25 bits per heavy atom. The highest BCUT2D eigenvalue weighted by atomic mass is 19.4. The van der Waals surface area contributed by atoms with Gasteiger partial charge in [-0.25, -0.2) is 4.79 Å². The van der Waals surface area contributed by atoms with Crippen molar-refractivity contribution in [2.24, 2.45) is 0 Å². The Kier molecular flexibility index (Phi) is 4.78. The first-order valence-electron chi connectivity index (χ1n) is 7.92. The molecule has 138 valence electrons. The predicted molar refractivity (Wildman–Crippen MR) is 78.2 cm³/mol. The van der Waals surface area contributed by atoms with Crippen molar-refractivity contribution in [3.63, 3.8) is 0 Å². The zero-order chi connectivity index (χ0) is 18.3. The molecule has 2 aliphatic heterocycles. The Labute approximate surface area is 138 Å². The number of carbonyl (C=O) groups excluding carboxylic acids is 2. The predicted octanol–water partition coefficient (Wildman–Crippen LogP) is 1.91. The fraction of sp³-hybridized carbons (Fsp3) is 0.867. The minimum absolute atomic E-state index is 0.370. The summed E-state index contributed by atoms with van der Waals surface area (Å²) in [5, 5.41) is 10.6. The second-order valence-electron chi connectivity index (χ2n) is 7.45. The molecule has 6 nitrogen and oxygen atoms in total. The molecule has 9 heteroatoms. The maximum atomic E-state index is 12.4. The average molecular weight is 352 g/mol. The molecule has 0 radical (unpaired) electrons. The van der Waals surface area contributed by atoms with Gasteiger partial charge in [0.15, 0.2) is 0 Å². The molecule has 1 unspecified atom stereocenters. The van der Waals surface area contributed by atoms with Crippen molar-refractivity contribution in [3.8, 4) is 0 Å². The number of ether oxygens (including phenoxy) is 1. The lowest BCUT2D eigenvalue weighted by Crippen LogP contribution is -2.74. The van der Waals surface area contributed by atoms with E-state index in [2.05, 4.69) is 0 Å². The third kappa shape index (κ3) is 3.93. The zero-order valence-corrected chi connectivity index (χ0v) is 14.0. The van der Waals surface area contributed by atoms with Crippen molar-refractivity contribution in [1.82, 2.24) is 9.80 Å². The Balaban J connectivity index is 2.06. The van der Waals surface area contributed by atoms with Crippen molar-refractivity contribution in [2.75, 3.05) is 19.6 Å². The number of piperidine rings is 1. The van der Waals surface area contributed by atoms with Gasteiger partial charge in [0.2, 0.25) is 0 Å². The third-order valence-corrected chi connectivity index (χ3v) is 4.21. The molecule has 0 aromatic carbocycles. The number of amides is 2. The Hall–Kier alpha value is -1.51. The smallest absolute Gasteiger partial charge is 0.444 e. The molecule has 0 aromatic heterocycles. The summed E-state index contributed by atoms with van der Waals surface area (Å²) in [6.07, 6.45) is -3.61. The van der Waals surface area contributed by atoms with Gasteiger partial charge in [-0.05, 0) is 40.0 Å². The minimum atomic E-state index is -4.96. The van der Waals surface area contributed by atoms with Gasteiger partial charge in [0.05, 0.1) is 19.1 Å². The van der Waals surface area contributed by atoms with Crippen LogP contribution in [0.5, 0.6) is 0 Å². The van der Waals surface area contributed by atoms with Crippen LogP contribution < -0.4 is 0 Å². The monoisotopic (exact) mass is 352 g/mol. The molecule has 2 heterocycles. The molecular formula is C15H23F3N2O4. The second-order valence-corrected chi connectivity index (χ2v) is 7.45. The van der Waals surface area contributed by atoms with Crippen molar-refractivity contribution < 1.29 is 32.6 Å². The van der Waals surface area contributed by atoms with Gasteiger partial charge in [0, 0.05) is 6.54 Å². The summed E-state index contributed by atoms with van der Waals surface area (Å²) in [6, 6.07) is -0.654. The number of hydrogen-bond acceptors (Lipinski definition) is 4. The Bertz CT molecular complexity index is 510. The molecule has 2 fully saturated rings. The van der Waals surface area contributed by atoms with E-state index in [-0.39, 0.29) is 0 Å². The molecule has 0 aliphatic carbocycles. The molecule has 2 aliphatic rings. The molecule has 0 bridgehead atoms. The van der Waals surface area contributed by atoms with Gasteiger partial charge in [-0.3, -0.25) is 4.79 Å². The van der Waals surface area contributed by atoms with Crippen LogP contribution in [0.4, 0.5) is 18.0 Å². The van der Waals surface area contributed by atoms with Crippen LogP contribution in [0, 0.1) is 0 Å². The number of aliphatic hydroxyl groups is 1. The first-order valence-corrected chi connectivity index (χ1v) is 7.92. The molecule has 0 spiro atoms. The number of nitrogens with zero attached hydrogens (tertiary/aromatic N) is 2. The van der Waals surface area contributed by atoms with Crippen LogP contribution in [0.1, 0.15) is 40.0 Å². The molecule has 2 amide bonds. The van der Waals surface area contributed by atoms with Gasteiger partial charge in [0.1, 0.15) is 11.2 Å². The Morgan fingerprint density at radius 1 is 1.17 bits per heavy atom. The van der Waals surface area contributed by atoms with E-state index in [0.29, 0.717) is 17.9 Å². The van der Waals surface area contributed by atoms with E-state index in [4.69, 9.17) is 4.74 Å². The number of alkyl halides is 3. The summed E-state index contributed by atoms with van der Waals surface area (Å²) in [6.45, 7) is 4.64. The van der Waals surface area contributed by atoms with Crippen LogP contribution in [0.25, 0.3) is 0 Å². The molecule has 0 saturated carbocycles. The van der Waals surface area contributed by atoms with Gasteiger partial charge in [-0.1, -0.05) is 0 Å². The van der Waals surface area contributed by atoms with Crippen molar-refractivity contribution in [1.29, 1.82) is 0 Å². The minimum Gasteiger partial charge on any atom is -0.444 e. The molecule has 1 atom stereocenters. The van der Waals surface area contributed by atoms with Gasteiger partial charge in [-0.2, -0.15) is 13.2 Å². The largest absolute Gasteiger partial charge is 0.471 e. The highest BCUT2D eigenvalue weighted by Crippen LogP contribution is 2.36. The van der Waals surface area contributed by atoms with E-state index in [1.807, 2.05) is 0 Å². The van der Waals surface area contributed by atoms with Gasteiger partial charge >= 0.3 is 18.2 Å². The van der Waals surface area contributed by atoms with E-state index < -0.39 is 48.5 Å². The van der Waals surface area contributed by atoms with E-state index >= 15 is 0 Å². The maximum absolute atomic E-state index is 12.4. The lowest BCUT2D eigenvalue weighted by molar-refractivity contribution is -0.211. The van der Waals surface area contributed by atoms with Crippen LogP contribution in [0.15, 0.2) is 0 Å². The van der Waals surface area contributed by atoms with Crippen LogP contribution in [-0.2, 0) is 9.53 Å². The highest BCUT2D eigenvalue weighted by molar-refractivity contribution is 5.83. The quantitative estimate of drug-likeness (QED) is 0.783. The maximum Gasteiger partial charge on any atom is 0.471 e. The molecule has 2 rings (SSSR count). The first kappa shape index (κ1) is 18.8. The van der Waals surface area contributed by atoms with Crippen molar-refractivity contribution in [2.45, 2.75) is 63.5 Å². The number of halogens is 3. The normalized spacial score (nSPS) is 24.4. The molecule has 1 N–H and O–H groups in total. The Morgan fingerprint density at radius 2 is 1.75 bits per heavy atom. The second kappa shape index (κ2) is 6.09. The summed E-state index contributed by atoms with van der Waals surface area (Å²) in [5.74, 6) is -1.97. The lowest BCUT2D eigenvalue weighted by Gasteiger charge is -2.54.